The zero-order chi connectivity index (χ0) is 30.7. The van der Waals surface area contributed by atoms with E-state index < -0.39 is 34.3 Å². The van der Waals surface area contributed by atoms with Crippen molar-refractivity contribution < 1.29 is 34.1 Å². The van der Waals surface area contributed by atoms with E-state index in [4.69, 9.17) is 9.47 Å². The number of carbonyl (C=O) groups excluding carboxylic acids is 2. The first-order chi connectivity index (χ1) is 20.4. The molecule has 0 saturated heterocycles. The highest BCUT2D eigenvalue weighted by Gasteiger charge is 2.72. The van der Waals surface area contributed by atoms with Crippen LogP contribution in [0.15, 0.2) is 76.9 Å². The molecule has 6 rings (SSSR count). The predicted octanol–water partition coefficient (Wildman–Crippen LogP) is 7.62. The van der Waals surface area contributed by atoms with Crippen LogP contribution in [0, 0.1) is 34.5 Å². The number of rotatable bonds is 6. The summed E-state index contributed by atoms with van der Waals surface area (Å²) < 4.78 is 12.1. The summed E-state index contributed by atoms with van der Waals surface area (Å²) in [7, 11) is 0. The van der Waals surface area contributed by atoms with Gasteiger partial charge in [-0.3, -0.25) is 4.79 Å². The summed E-state index contributed by atoms with van der Waals surface area (Å²) >= 11 is 1.65. The number of thioether (sulfide) groups is 1. The minimum Gasteiger partial charge on any atom is -0.508 e. The first-order valence-corrected chi connectivity index (χ1v) is 16.2. The maximum atomic E-state index is 13.6. The van der Waals surface area contributed by atoms with E-state index in [9.17, 15) is 24.6 Å². The van der Waals surface area contributed by atoms with E-state index in [1.165, 1.54) is 6.08 Å². The monoisotopic (exact) mass is 602 g/mol. The predicted molar refractivity (Wildman–Crippen MR) is 163 cm³/mol. The van der Waals surface area contributed by atoms with Crippen molar-refractivity contribution in [3.05, 3.63) is 77.6 Å². The molecule has 4 aliphatic rings. The molecule has 2 aromatic rings. The summed E-state index contributed by atoms with van der Waals surface area (Å²) in [5.41, 5.74) is -1.97. The first-order valence-electron chi connectivity index (χ1n) is 15.0. The largest absolute Gasteiger partial charge is 0.508 e. The number of fused-ring (bicyclic) bond motifs is 5. The average molecular weight is 603 g/mol. The summed E-state index contributed by atoms with van der Waals surface area (Å²) in [6.07, 6.45) is 8.34. The van der Waals surface area contributed by atoms with Gasteiger partial charge in [-0.15, -0.1) is 11.8 Å². The first kappa shape index (κ1) is 29.5. The van der Waals surface area contributed by atoms with Crippen LogP contribution in [0.25, 0.3) is 0 Å². The Morgan fingerprint density at radius 2 is 1.60 bits per heavy atom. The van der Waals surface area contributed by atoms with E-state index in [1.54, 1.807) is 42.1 Å². The fourth-order valence-electron chi connectivity index (χ4n) is 8.98. The summed E-state index contributed by atoms with van der Waals surface area (Å²) in [5.74, 6) is -0.905. The number of ether oxygens (including phenoxy) is 2. The number of benzene rings is 2. The molecule has 0 aromatic heterocycles. The number of esters is 1. The Morgan fingerprint density at radius 3 is 2.23 bits per heavy atom. The van der Waals surface area contributed by atoms with Gasteiger partial charge in [-0.2, -0.15) is 0 Å². The smallest absolute Gasteiger partial charge is 0.349 e. The molecule has 4 aliphatic carbocycles. The highest BCUT2D eigenvalue weighted by atomic mass is 32.2. The lowest BCUT2D eigenvalue weighted by molar-refractivity contribution is -0.188. The zero-order valence-electron chi connectivity index (χ0n) is 25.0. The molecule has 3 saturated carbocycles. The fraction of sp³-hybridized carbons (Fsp3) is 0.457. The van der Waals surface area contributed by atoms with Crippen LogP contribution in [0.5, 0.6) is 11.5 Å². The van der Waals surface area contributed by atoms with Gasteiger partial charge in [0.05, 0.1) is 11.0 Å². The third kappa shape index (κ3) is 4.43. The highest BCUT2D eigenvalue weighted by Crippen LogP contribution is 2.69. The van der Waals surface area contributed by atoms with E-state index in [2.05, 4.69) is 0 Å². The number of carboxylic acid groups (broad SMARTS) is 1. The molecule has 8 heteroatoms. The summed E-state index contributed by atoms with van der Waals surface area (Å²) in [4.78, 5) is 41.2. The molecule has 2 unspecified atom stereocenters. The van der Waals surface area contributed by atoms with Gasteiger partial charge in [-0.1, -0.05) is 19.4 Å². The standard InChI is InChI=1S/C35H38O7S/c1-20-17-29-27-14-7-22-18-23(36)19-30(37)34(22,3)28(27)15-16-33(29,2)35(20,32(39)40)42-31(38)21-5-8-24(9-6-21)41-25-10-12-26(43-4)13-11-25/h5-6,8-13,18-20,27-29,36H,7,14-17H2,1-4H3,(H,39,40)/t20?,27-,28+,29+,33+,34+,35?/m1/s1. The Balaban J connectivity index is 1.24. The number of aliphatic carboxylic acids is 1. The summed E-state index contributed by atoms with van der Waals surface area (Å²) in [6, 6.07) is 14.3. The zero-order valence-corrected chi connectivity index (χ0v) is 25.8. The number of allylic oxidation sites excluding steroid dienone is 3. The molecule has 3 fully saturated rings. The lowest BCUT2D eigenvalue weighted by Gasteiger charge is -2.57. The van der Waals surface area contributed by atoms with Crippen LogP contribution >= 0.6 is 11.8 Å². The molecule has 0 heterocycles. The minimum atomic E-state index is -1.69. The lowest BCUT2D eigenvalue weighted by Crippen LogP contribution is -2.61. The van der Waals surface area contributed by atoms with Gasteiger partial charge >= 0.3 is 11.9 Å². The normalized spacial score (nSPS) is 34.7. The van der Waals surface area contributed by atoms with Gasteiger partial charge in [-0.05, 0) is 118 Å². The Hall–Kier alpha value is -3.52. The van der Waals surface area contributed by atoms with Gasteiger partial charge in [0.1, 0.15) is 17.3 Å². The Morgan fingerprint density at radius 1 is 0.953 bits per heavy atom. The van der Waals surface area contributed by atoms with Crippen LogP contribution in [0.1, 0.15) is 63.2 Å². The van der Waals surface area contributed by atoms with E-state index >= 15 is 0 Å². The molecule has 0 radical (unpaired) electrons. The summed E-state index contributed by atoms with van der Waals surface area (Å²) in [5, 5.41) is 20.9. The van der Waals surface area contributed by atoms with E-state index in [0.29, 0.717) is 37.2 Å². The van der Waals surface area contributed by atoms with E-state index in [-0.39, 0.29) is 34.9 Å². The molecule has 7 atom stereocenters. The number of aliphatic hydroxyl groups excluding tert-OH is 1. The number of ketones is 1. The van der Waals surface area contributed by atoms with Crippen LogP contribution in [0.2, 0.25) is 0 Å². The van der Waals surface area contributed by atoms with Crippen molar-refractivity contribution in [1.82, 2.24) is 0 Å². The Bertz CT molecular complexity index is 1530. The highest BCUT2D eigenvalue weighted by molar-refractivity contribution is 7.98. The SMILES string of the molecule is CSc1ccc(Oc2ccc(C(=O)OC3(C(=O)O)C(C)C[C@H]4[C@@H]5CCC6=CC(O)=CC(=O)[C@]6(C)[C@H]5CC[C@@]43C)cc2)cc1. The third-order valence-corrected chi connectivity index (χ3v) is 11.9. The molecule has 2 aromatic carbocycles. The van der Waals surface area contributed by atoms with Crippen LogP contribution in [0.4, 0.5) is 0 Å². The van der Waals surface area contributed by atoms with Crippen molar-refractivity contribution >= 4 is 29.5 Å². The molecule has 226 valence electrons. The minimum absolute atomic E-state index is 0.00674. The average Bonchev–Trinajstić information content (AvgIpc) is 3.21. The Kier molecular flexibility index (Phi) is 7.27. The molecule has 2 N–H and O–H groups in total. The number of hydrogen-bond donors (Lipinski definition) is 2. The number of aliphatic hydroxyl groups is 1. The number of carboxylic acids is 1. The van der Waals surface area contributed by atoms with Crippen LogP contribution in [-0.2, 0) is 14.3 Å². The fourth-order valence-corrected chi connectivity index (χ4v) is 9.39. The molecular formula is C35H38O7S. The van der Waals surface area contributed by atoms with Crippen molar-refractivity contribution in [3.8, 4) is 11.5 Å². The van der Waals surface area contributed by atoms with Gasteiger partial charge in [-0.25, -0.2) is 9.59 Å². The van der Waals surface area contributed by atoms with Crippen molar-refractivity contribution in [1.29, 1.82) is 0 Å². The van der Waals surface area contributed by atoms with Crippen LogP contribution in [-0.4, -0.2) is 39.8 Å². The van der Waals surface area contributed by atoms with Gasteiger partial charge in [0.25, 0.3) is 0 Å². The summed E-state index contributed by atoms with van der Waals surface area (Å²) in [6.45, 7) is 5.83. The third-order valence-electron chi connectivity index (χ3n) is 11.2. The molecule has 43 heavy (non-hydrogen) atoms. The van der Waals surface area contributed by atoms with E-state index in [0.717, 1.165) is 16.9 Å². The van der Waals surface area contributed by atoms with Crippen molar-refractivity contribution in [3.63, 3.8) is 0 Å². The quantitative estimate of drug-likeness (QED) is 0.257. The second-order valence-electron chi connectivity index (χ2n) is 13.0. The molecule has 0 aliphatic heterocycles. The number of carbonyl (C=O) groups is 3. The lowest BCUT2D eigenvalue weighted by atomic mass is 9.46. The molecule has 7 nitrogen and oxygen atoms in total. The van der Waals surface area contributed by atoms with Crippen LogP contribution in [0.3, 0.4) is 0 Å². The molecule has 0 spiro atoms. The topological polar surface area (TPSA) is 110 Å². The number of hydrogen-bond acceptors (Lipinski definition) is 7. The maximum absolute atomic E-state index is 13.6. The van der Waals surface area contributed by atoms with Crippen molar-refractivity contribution in [2.75, 3.05) is 6.26 Å². The second-order valence-corrected chi connectivity index (χ2v) is 13.9. The van der Waals surface area contributed by atoms with Gasteiger partial charge < -0.3 is 19.7 Å². The van der Waals surface area contributed by atoms with Crippen LogP contribution < -0.4 is 4.74 Å². The van der Waals surface area contributed by atoms with Crippen molar-refractivity contribution in [2.24, 2.45) is 34.5 Å². The van der Waals surface area contributed by atoms with Crippen molar-refractivity contribution in [2.45, 2.75) is 63.4 Å². The van der Waals surface area contributed by atoms with Gasteiger partial charge in [0.15, 0.2) is 5.78 Å². The van der Waals surface area contributed by atoms with E-state index in [1.807, 2.05) is 51.3 Å². The van der Waals surface area contributed by atoms with Gasteiger partial charge in [0, 0.05) is 22.3 Å². The Labute approximate surface area is 256 Å². The molecule has 0 bridgehead atoms. The molecule has 0 amide bonds. The molecular weight excluding hydrogens is 564 g/mol. The van der Waals surface area contributed by atoms with Gasteiger partial charge in [0.2, 0.25) is 5.60 Å². The maximum Gasteiger partial charge on any atom is 0.349 e. The second kappa shape index (κ2) is 10.6.